The Morgan fingerprint density at radius 1 is 1.11 bits per heavy atom. The molecule has 0 radical (unpaired) electrons. The molecule has 0 atom stereocenters. The number of nitrogens with one attached hydrogen (secondary N) is 1. The van der Waals surface area contributed by atoms with Crippen LogP contribution in [0.1, 0.15) is 37.8 Å². The normalized spacial score (nSPS) is 11.5. The van der Waals surface area contributed by atoms with E-state index in [1.165, 1.54) is 0 Å². The van der Waals surface area contributed by atoms with Crippen LogP contribution in [-0.4, -0.2) is 18.7 Å². The molecule has 6 heteroatoms. The molecule has 3 rings (SSSR count). The number of benzene rings is 2. The fraction of sp³-hybridized carbons (Fsp3) is 0.318. The Balaban J connectivity index is 2.15. The van der Waals surface area contributed by atoms with Crippen LogP contribution in [0.3, 0.4) is 0 Å². The molecule has 0 saturated heterocycles. The number of aromatic nitrogens is 1. The van der Waals surface area contributed by atoms with E-state index in [0.717, 1.165) is 47.1 Å². The lowest BCUT2D eigenvalue weighted by Crippen LogP contribution is -2.14. The smallest absolute Gasteiger partial charge is 0.232 e. The van der Waals surface area contributed by atoms with Crippen molar-refractivity contribution in [2.45, 2.75) is 40.2 Å². The molecule has 0 spiro atoms. The molecule has 0 amide bonds. The number of rotatable bonds is 7. The van der Waals surface area contributed by atoms with Gasteiger partial charge in [0.05, 0.1) is 22.5 Å². The Hall–Kier alpha value is -2.78. The van der Waals surface area contributed by atoms with E-state index in [2.05, 4.69) is 35.3 Å². The Labute approximate surface area is 166 Å². The van der Waals surface area contributed by atoms with Crippen molar-refractivity contribution in [3.8, 4) is 17.3 Å². The Morgan fingerprint density at radius 2 is 1.82 bits per heavy atom. The maximum absolute atomic E-state index is 11.8. The standard InChI is InChI=1S/C22H25N3O2S/c1-4-6-13-25-21-14-16(3)7-12-19(21)20(15-23)22(25)17-8-10-18(11-9-17)24-28(26,27)5-2/h7-12,14,24H,4-6,13H2,1-3H3. The van der Waals surface area contributed by atoms with Crippen LogP contribution in [0.15, 0.2) is 42.5 Å². The van der Waals surface area contributed by atoms with Gasteiger partial charge in [-0.25, -0.2) is 8.42 Å². The van der Waals surface area contributed by atoms with Crippen LogP contribution in [0.2, 0.25) is 0 Å². The zero-order valence-electron chi connectivity index (χ0n) is 16.5. The highest BCUT2D eigenvalue weighted by atomic mass is 32.2. The van der Waals surface area contributed by atoms with Crippen LogP contribution >= 0.6 is 0 Å². The zero-order chi connectivity index (χ0) is 20.3. The van der Waals surface area contributed by atoms with Crippen molar-refractivity contribution in [3.05, 3.63) is 53.6 Å². The topological polar surface area (TPSA) is 74.9 Å². The molecule has 0 fully saturated rings. The van der Waals surface area contributed by atoms with Gasteiger partial charge in [-0.3, -0.25) is 4.72 Å². The molecular weight excluding hydrogens is 370 g/mol. The summed E-state index contributed by atoms with van der Waals surface area (Å²) in [4.78, 5) is 0. The predicted octanol–water partition coefficient (Wildman–Crippen LogP) is 5.05. The van der Waals surface area contributed by atoms with Crippen LogP contribution in [-0.2, 0) is 16.6 Å². The average molecular weight is 396 g/mol. The molecule has 146 valence electrons. The molecule has 1 aromatic heterocycles. The number of nitrogens with zero attached hydrogens (tertiary/aromatic N) is 2. The summed E-state index contributed by atoms with van der Waals surface area (Å²) in [6, 6.07) is 15.8. The maximum Gasteiger partial charge on any atom is 0.232 e. The van der Waals surface area contributed by atoms with E-state index in [0.29, 0.717) is 11.3 Å². The molecule has 0 aliphatic rings. The average Bonchev–Trinajstić information content (AvgIpc) is 2.99. The molecule has 0 aliphatic carbocycles. The second-order valence-corrected chi connectivity index (χ2v) is 8.96. The minimum atomic E-state index is -3.32. The van der Waals surface area contributed by atoms with Gasteiger partial charge >= 0.3 is 0 Å². The summed E-state index contributed by atoms with van der Waals surface area (Å²) < 4.78 is 28.4. The van der Waals surface area contributed by atoms with Crippen LogP contribution in [0.4, 0.5) is 5.69 Å². The first kappa shape index (κ1) is 20.0. The lowest BCUT2D eigenvalue weighted by atomic mass is 10.1. The van der Waals surface area contributed by atoms with E-state index in [4.69, 9.17) is 0 Å². The molecule has 1 heterocycles. The van der Waals surface area contributed by atoms with Crippen molar-refractivity contribution in [1.29, 1.82) is 5.26 Å². The number of fused-ring (bicyclic) bond motifs is 1. The minimum Gasteiger partial charge on any atom is -0.339 e. The summed E-state index contributed by atoms with van der Waals surface area (Å²) in [6.07, 6.45) is 2.08. The molecule has 0 saturated carbocycles. The first-order valence-corrected chi connectivity index (χ1v) is 11.2. The van der Waals surface area contributed by atoms with Crippen molar-refractivity contribution in [2.75, 3.05) is 10.5 Å². The second-order valence-electron chi connectivity index (χ2n) is 6.94. The summed E-state index contributed by atoms with van der Waals surface area (Å²) in [5.74, 6) is 0.0257. The highest BCUT2D eigenvalue weighted by Crippen LogP contribution is 2.35. The third kappa shape index (κ3) is 3.90. The summed E-state index contributed by atoms with van der Waals surface area (Å²) >= 11 is 0. The summed E-state index contributed by atoms with van der Waals surface area (Å²) in [5, 5.41) is 10.8. The molecular formula is C22H25N3O2S. The number of anilines is 1. The number of hydrogen-bond acceptors (Lipinski definition) is 3. The second kappa shape index (κ2) is 8.07. The number of unbranched alkanes of at least 4 members (excludes halogenated alkanes) is 1. The minimum absolute atomic E-state index is 0.0257. The molecule has 2 aromatic carbocycles. The van der Waals surface area contributed by atoms with Gasteiger partial charge in [-0.15, -0.1) is 0 Å². The fourth-order valence-electron chi connectivity index (χ4n) is 3.37. The van der Waals surface area contributed by atoms with Crippen molar-refractivity contribution in [3.63, 3.8) is 0 Å². The molecule has 3 aromatic rings. The van der Waals surface area contributed by atoms with Crippen molar-refractivity contribution < 1.29 is 8.42 Å². The number of nitriles is 1. The number of hydrogen-bond donors (Lipinski definition) is 1. The maximum atomic E-state index is 11.8. The van der Waals surface area contributed by atoms with Gasteiger partial charge in [0.2, 0.25) is 10.0 Å². The van der Waals surface area contributed by atoms with Crippen molar-refractivity contribution in [2.24, 2.45) is 0 Å². The Kier molecular flexibility index (Phi) is 5.76. The quantitative estimate of drug-likeness (QED) is 0.608. The lowest BCUT2D eigenvalue weighted by Gasteiger charge is -2.12. The first-order chi connectivity index (χ1) is 13.4. The van der Waals surface area contributed by atoms with Gasteiger partial charge in [-0.1, -0.05) is 37.6 Å². The van der Waals surface area contributed by atoms with E-state index in [1.54, 1.807) is 19.1 Å². The summed E-state index contributed by atoms with van der Waals surface area (Å²) in [7, 11) is -3.32. The SMILES string of the molecule is CCCCn1c(-c2ccc(NS(=O)(=O)CC)cc2)c(C#N)c2ccc(C)cc21. The fourth-order valence-corrected chi connectivity index (χ4v) is 4.01. The largest absolute Gasteiger partial charge is 0.339 e. The van der Waals surface area contributed by atoms with Gasteiger partial charge in [0.15, 0.2) is 0 Å². The van der Waals surface area contributed by atoms with Gasteiger partial charge in [0.25, 0.3) is 0 Å². The number of aryl methyl sites for hydroxylation is 2. The van der Waals surface area contributed by atoms with Gasteiger partial charge in [-0.05, 0) is 49.6 Å². The molecule has 28 heavy (non-hydrogen) atoms. The highest BCUT2D eigenvalue weighted by molar-refractivity contribution is 7.92. The summed E-state index contributed by atoms with van der Waals surface area (Å²) in [6.45, 7) is 6.63. The molecule has 1 N–H and O–H groups in total. The zero-order valence-corrected chi connectivity index (χ0v) is 17.3. The molecule has 5 nitrogen and oxygen atoms in total. The monoisotopic (exact) mass is 395 g/mol. The van der Waals surface area contributed by atoms with Crippen LogP contribution in [0.5, 0.6) is 0 Å². The van der Waals surface area contributed by atoms with E-state index in [9.17, 15) is 13.7 Å². The van der Waals surface area contributed by atoms with Gasteiger partial charge in [-0.2, -0.15) is 5.26 Å². The summed E-state index contributed by atoms with van der Waals surface area (Å²) in [5.41, 5.74) is 5.20. The van der Waals surface area contributed by atoms with E-state index in [-0.39, 0.29) is 5.75 Å². The van der Waals surface area contributed by atoms with Crippen molar-refractivity contribution in [1.82, 2.24) is 4.57 Å². The van der Waals surface area contributed by atoms with Crippen molar-refractivity contribution >= 4 is 26.6 Å². The van der Waals surface area contributed by atoms with Gasteiger partial charge < -0.3 is 4.57 Å². The third-order valence-electron chi connectivity index (χ3n) is 4.88. The Morgan fingerprint density at radius 3 is 2.43 bits per heavy atom. The van der Waals surface area contributed by atoms with Crippen LogP contribution in [0.25, 0.3) is 22.2 Å². The molecule has 0 unspecified atom stereocenters. The van der Waals surface area contributed by atoms with Gasteiger partial charge in [0.1, 0.15) is 6.07 Å². The van der Waals surface area contributed by atoms with Gasteiger partial charge in [0, 0.05) is 17.6 Å². The first-order valence-electron chi connectivity index (χ1n) is 9.54. The van der Waals surface area contributed by atoms with E-state index < -0.39 is 10.0 Å². The highest BCUT2D eigenvalue weighted by Gasteiger charge is 2.19. The van der Waals surface area contributed by atoms with E-state index >= 15 is 0 Å². The third-order valence-corrected chi connectivity index (χ3v) is 6.19. The van der Waals surface area contributed by atoms with Crippen LogP contribution < -0.4 is 4.72 Å². The molecule has 0 aliphatic heterocycles. The molecule has 0 bridgehead atoms. The lowest BCUT2D eigenvalue weighted by molar-refractivity contribution is 0.602. The van der Waals surface area contributed by atoms with Crippen LogP contribution in [0, 0.1) is 18.3 Å². The number of sulfonamides is 1. The predicted molar refractivity (Wildman–Crippen MR) is 115 cm³/mol. The Bertz CT molecular complexity index is 1140. The van der Waals surface area contributed by atoms with E-state index in [1.807, 2.05) is 24.3 Å².